The third-order valence-electron chi connectivity index (χ3n) is 3.53. The number of hydrogen-bond donors (Lipinski definition) is 2. The van der Waals surface area contributed by atoms with E-state index in [1.807, 2.05) is 0 Å². The number of hydrogen-bond acceptors (Lipinski definition) is 5. The van der Waals surface area contributed by atoms with Gasteiger partial charge in [0.15, 0.2) is 5.75 Å². The van der Waals surface area contributed by atoms with Gasteiger partial charge in [-0.15, -0.1) is 0 Å². The molecule has 0 bridgehead atoms. The van der Waals surface area contributed by atoms with Crippen molar-refractivity contribution in [2.24, 2.45) is 0 Å². The van der Waals surface area contributed by atoms with Crippen LogP contribution in [0.3, 0.4) is 0 Å². The molecule has 2 aromatic carbocycles. The van der Waals surface area contributed by atoms with Crippen LogP contribution in [0.2, 0.25) is 0 Å². The molecule has 0 aliphatic heterocycles. The van der Waals surface area contributed by atoms with Crippen LogP contribution in [0.5, 0.6) is 5.75 Å². The van der Waals surface area contributed by atoms with E-state index in [0.29, 0.717) is 12.1 Å². The van der Waals surface area contributed by atoms with Gasteiger partial charge in [-0.25, -0.2) is 4.79 Å². The van der Waals surface area contributed by atoms with E-state index in [2.05, 4.69) is 9.50 Å². The molecule has 0 unspecified atom stereocenters. The number of amides is 1. The van der Waals surface area contributed by atoms with Gasteiger partial charge in [0.2, 0.25) is 0 Å². The number of anilines is 1. The fourth-order valence-electron chi connectivity index (χ4n) is 2.12. The highest BCUT2D eigenvalue weighted by molar-refractivity contribution is 7.87. The van der Waals surface area contributed by atoms with Crippen molar-refractivity contribution < 1.29 is 40.5 Å². The van der Waals surface area contributed by atoms with Crippen LogP contribution in [0.4, 0.5) is 18.9 Å². The molecule has 0 aliphatic carbocycles. The molecule has 28 heavy (non-hydrogen) atoms. The van der Waals surface area contributed by atoms with E-state index in [4.69, 9.17) is 5.11 Å². The first-order valence-corrected chi connectivity index (χ1v) is 9.29. The van der Waals surface area contributed by atoms with Gasteiger partial charge in [-0.2, -0.15) is 21.6 Å². The minimum Gasteiger partial charge on any atom is -0.478 e. The lowest BCUT2D eigenvalue weighted by atomic mass is 10.1. The number of benzene rings is 2. The van der Waals surface area contributed by atoms with Gasteiger partial charge in [0, 0.05) is 0 Å². The van der Waals surface area contributed by atoms with E-state index in [0.717, 1.165) is 6.07 Å². The van der Waals surface area contributed by atoms with Gasteiger partial charge in [0.25, 0.3) is 5.91 Å². The van der Waals surface area contributed by atoms with Gasteiger partial charge < -0.3 is 14.6 Å². The predicted molar refractivity (Wildman–Crippen MR) is 92.9 cm³/mol. The van der Waals surface area contributed by atoms with Crippen LogP contribution in [-0.4, -0.2) is 31.2 Å². The monoisotopic (exact) mass is 417 g/mol. The van der Waals surface area contributed by atoms with Crippen molar-refractivity contribution >= 4 is 27.7 Å². The molecule has 0 radical (unpaired) electrons. The van der Waals surface area contributed by atoms with Crippen LogP contribution >= 0.6 is 0 Å². The van der Waals surface area contributed by atoms with Crippen LogP contribution in [0.1, 0.15) is 33.2 Å². The van der Waals surface area contributed by atoms with E-state index >= 15 is 0 Å². The molecule has 2 rings (SSSR count). The standard InChI is InChI=1S/C17H14F3NO6S/c1-2-28(25,26)27-14-9-10(17(18,19)20)7-8-13(14)21-15(22)11-5-3-4-6-12(11)16(23)24/h3-9H,2H2,1H3,(H,21,22)(H,23,24). The summed E-state index contributed by atoms with van der Waals surface area (Å²) in [5, 5.41) is 11.3. The van der Waals surface area contributed by atoms with Gasteiger partial charge in [0.1, 0.15) is 0 Å². The maximum atomic E-state index is 12.9. The molecule has 0 saturated heterocycles. The first-order chi connectivity index (χ1) is 12.9. The topological polar surface area (TPSA) is 110 Å². The summed E-state index contributed by atoms with van der Waals surface area (Å²) in [4.78, 5) is 23.6. The smallest absolute Gasteiger partial charge is 0.416 e. The van der Waals surface area contributed by atoms with Gasteiger partial charge in [-0.1, -0.05) is 12.1 Å². The molecule has 2 N–H and O–H groups in total. The molecule has 0 spiro atoms. The third kappa shape index (κ3) is 5.00. The second-order valence-corrected chi connectivity index (χ2v) is 7.30. The zero-order valence-corrected chi connectivity index (χ0v) is 15.1. The molecule has 11 heteroatoms. The molecule has 0 fully saturated rings. The van der Waals surface area contributed by atoms with Crippen molar-refractivity contribution in [2.75, 3.05) is 11.1 Å². The number of alkyl halides is 3. The van der Waals surface area contributed by atoms with Crippen LogP contribution < -0.4 is 9.50 Å². The van der Waals surface area contributed by atoms with Crippen LogP contribution in [-0.2, 0) is 16.3 Å². The fraction of sp³-hybridized carbons (Fsp3) is 0.176. The largest absolute Gasteiger partial charge is 0.478 e. The van der Waals surface area contributed by atoms with Crippen LogP contribution in [0.15, 0.2) is 42.5 Å². The Morgan fingerprint density at radius 2 is 1.71 bits per heavy atom. The fourth-order valence-corrected chi connectivity index (χ4v) is 2.65. The lowest BCUT2D eigenvalue weighted by Crippen LogP contribution is -2.19. The van der Waals surface area contributed by atoms with E-state index in [-0.39, 0.29) is 16.8 Å². The number of nitrogens with one attached hydrogen (secondary N) is 1. The number of carbonyl (C=O) groups excluding carboxylic acids is 1. The van der Waals surface area contributed by atoms with Gasteiger partial charge in [-0.05, 0) is 37.3 Å². The Morgan fingerprint density at radius 1 is 1.11 bits per heavy atom. The summed E-state index contributed by atoms with van der Waals surface area (Å²) in [6.45, 7) is 1.23. The van der Waals surface area contributed by atoms with Crippen molar-refractivity contribution in [2.45, 2.75) is 13.1 Å². The zero-order valence-electron chi connectivity index (χ0n) is 14.3. The Hall–Kier alpha value is -3.08. The Bertz CT molecular complexity index is 1020. The molecule has 150 valence electrons. The quantitative estimate of drug-likeness (QED) is 0.698. The number of halogens is 3. The number of carboxylic acid groups (broad SMARTS) is 1. The first kappa shape index (κ1) is 21.2. The number of carboxylic acids is 1. The van der Waals surface area contributed by atoms with E-state index in [1.165, 1.54) is 31.2 Å². The van der Waals surface area contributed by atoms with E-state index in [9.17, 15) is 31.2 Å². The third-order valence-corrected chi connectivity index (χ3v) is 4.67. The Labute approximate surface area is 157 Å². The molecule has 0 atom stereocenters. The van der Waals surface area contributed by atoms with Crippen LogP contribution in [0, 0.1) is 0 Å². The van der Waals surface area contributed by atoms with E-state index < -0.39 is 45.2 Å². The Kier molecular flexibility index (Phi) is 5.98. The lowest BCUT2D eigenvalue weighted by molar-refractivity contribution is -0.137. The molecular weight excluding hydrogens is 403 g/mol. The maximum Gasteiger partial charge on any atom is 0.416 e. The van der Waals surface area contributed by atoms with E-state index in [1.54, 1.807) is 0 Å². The molecule has 0 saturated carbocycles. The number of aromatic carboxylic acids is 1. The summed E-state index contributed by atoms with van der Waals surface area (Å²) in [5.74, 6) is -3.60. The van der Waals surface area contributed by atoms with Gasteiger partial charge in [-0.3, -0.25) is 4.79 Å². The highest BCUT2D eigenvalue weighted by Gasteiger charge is 2.32. The van der Waals surface area contributed by atoms with Gasteiger partial charge in [0.05, 0.1) is 28.1 Å². The molecule has 0 aromatic heterocycles. The predicted octanol–water partition coefficient (Wildman–Crippen LogP) is 3.38. The number of carbonyl (C=O) groups is 2. The Morgan fingerprint density at radius 3 is 2.25 bits per heavy atom. The minimum atomic E-state index is -4.77. The summed E-state index contributed by atoms with van der Waals surface area (Å²) in [7, 11) is -4.19. The normalized spacial score (nSPS) is 11.7. The van der Waals surface area contributed by atoms with Crippen molar-refractivity contribution in [3.05, 3.63) is 59.2 Å². The minimum absolute atomic E-state index is 0.265. The molecule has 2 aromatic rings. The lowest BCUT2D eigenvalue weighted by Gasteiger charge is -2.15. The average Bonchev–Trinajstić information content (AvgIpc) is 2.62. The zero-order chi connectivity index (χ0) is 21.1. The Balaban J connectivity index is 2.47. The molecule has 7 nitrogen and oxygen atoms in total. The van der Waals surface area contributed by atoms with Crippen molar-refractivity contribution in [1.82, 2.24) is 0 Å². The van der Waals surface area contributed by atoms with Crippen LogP contribution in [0.25, 0.3) is 0 Å². The van der Waals surface area contributed by atoms with Crippen molar-refractivity contribution in [1.29, 1.82) is 0 Å². The molecule has 0 heterocycles. The summed E-state index contributed by atoms with van der Waals surface area (Å²) in [6.07, 6.45) is -4.77. The number of rotatable bonds is 6. The van der Waals surface area contributed by atoms with Gasteiger partial charge >= 0.3 is 22.3 Å². The highest BCUT2D eigenvalue weighted by atomic mass is 32.2. The van der Waals surface area contributed by atoms with Crippen molar-refractivity contribution in [3.8, 4) is 5.75 Å². The first-order valence-electron chi connectivity index (χ1n) is 7.71. The molecule has 1 amide bonds. The molecule has 0 aliphatic rings. The highest BCUT2D eigenvalue weighted by Crippen LogP contribution is 2.36. The maximum absolute atomic E-state index is 12.9. The summed E-state index contributed by atoms with van der Waals surface area (Å²) < 4.78 is 66.8. The SMILES string of the molecule is CCS(=O)(=O)Oc1cc(C(F)(F)F)ccc1NC(=O)c1ccccc1C(=O)O. The molecular formula is C17H14F3NO6S. The second kappa shape index (κ2) is 7.89. The average molecular weight is 417 g/mol. The summed E-state index contributed by atoms with van der Waals surface area (Å²) >= 11 is 0. The summed E-state index contributed by atoms with van der Waals surface area (Å²) in [6, 6.07) is 7.05. The summed E-state index contributed by atoms with van der Waals surface area (Å²) in [5.41, 5.74) is -2.15. The van der Waals surface area contributed by atoms with Crippen molar-refractivity contribution in [3.63, 3.8) is 0 Å². The second-order valence-electron chi connectivity index (χ2n) is 5.44.